The molecule has 0 radical (unpaired) electrons. The van der Waals surface area contributed by atoms with E-state index in [9.17, 15) is 19.8 Å². The van der Waals surface area contributed by atoms with E-state index in [1.54, 1.807) is 13.8 Å². The van der Waals surface area contributed by atoms with Crippen LogP contribution >= 0.6 is 24.4 Å². The average molecular weight is 332 g/mol. The Labute approximate surface area is 152 Å². The van der Waals surface area contributed by atoms with Gasteiger partial charge < -0.3 is 21.7 Å². The number of ketones is 2. The largest absolute Gasteiger partial charge is 2.00 e. The van der Waals surface area contributed by atoms with Gasteiger partial charge in [0, 0.05) is 12.8 Å². The molecule has 0 saturated carbocycles. The SMILES string of the molecule is CCC(=O)C(N)C([O-])=S.CCC(=O)C(N)C([O-])=S.[Ca+2]. The van der Waals surface area contributed by atoms with E-state index >= 15 is 0 Å². The molecule has 0 spiro atoms. The third kappa shape index (κ3) is 11.8. The van der Waals surface area contributed by atoms with Crippen molar-refractivity contribution in [2.24, 2.45) is 11.5 Å². The molecule has 4 N–H and O–H groups in total. The van der Waals surface area contributed by atoms with Crippen molar-refractivity contribution >= 4 is 83.8 Å². The summed E-state index contributed by atoms with van der Waals surface area (Å²) in [5, 5.41) is 19.1. The zero-order chi connectivity index (χ0) is 14.9. The quantitative estimate of drug-likeness (QED) is 0.406. The number of rotatable bonds is 6. The molecule has 0 fully saturated rings. The monoisotopic (exact) mass is 332 g/mol. The second-order valence-corrected chi connectivity index (χ2v) is 4.04. The minimum Gasteiger partial charge on any atom is -0.866 e. The summed E-state index contributed by atoms with van der Waals surface area (Å²) in [4.78, 5) is 21.1. The number of thiocarbonyl (C=S) groups is 2. The maximum atomic E-state index is 10.5. The molecule has 0 aromatic carbocycles. The fourth-order valence-corrected chi connectivity index (χ4v) is 0.966. The predicted molar refractivity (Wildman–Crippen MR) is 77.5 cm³/mol. The van der Waals surface area contributed by atoms with Crippen LogP contribution in [-0.4, -0.2) is 71.5 Å². The molecule has 0 heterocycles. The topological polar surface area (TPSA) is 132 Å². The van der Waals surface area contributed by atoms with Gasteiger partial charge >= 0.3 is 37.7 Å². The van der Waals surface area contributed by atoms with Gasteiger partial charge in [-0.3, -0.25) is 9.59 Å². The van der Waals surface area contributed by atoms with Gasteiger partial charge in [-0.05, 0) is 10.1 Å². The summed E-state index contributed by atoms with van der Waals surface area (Å²) in [5.41, 5.74) is 10.1. The molecule has 9 heteroatoms. The predicted octanol–water partition coefficient (Wildman–Crippen LogP) is -2.42. The van der Waals surface area contributed by atoms with Crippen LogP contribution in [0, 0.1) is 0 Å². The van der Waals surface area contributed by atoms with Crippen LogP contribution in [0.1, 0.15) is 26.7 Å². The number of Topliss-reactive ketones (excluding diaryl/α,β-unsaturated/α-hetero) is 2. The molecule has 0 aliphatic rings. The fourth-order valence-electron chi connectivity index (χ4n) is 0.703. The van der Waals surface area contributed by atoms with Gasteiger partial charge in [-0.25, -0.2) is 0 Å². The molecular formula is C10H16CaN2O4S2. The average Bonchev–Trinajstić information content (AvgIpc) is 2.35. The van der Waals surface area contributed by atoms with Gasteiger partial charge in [-0.15, -0.1) is 24.4 Å². The molecule has 0 saturated heterocycles. The first-order valence-electron chi connectivity index (χ1n) is 5.17. The summed E-state index contributed by atoms with van der Waals surface area (Å²) in [6.45, 7) is 3.28. The first-order valence-corrected chi connectivity index (χ1v) is 5.98. The summed E-state index contributed by atoms with van der Waals surface area (Å²) in [5.74, 6) is -0.593. The maximum Gasteiger partial charge on any atom is 2.00 e. The zero-order valence-corrected chi connectivity index (χ0v) is 14.7. The van der Waals surface area contributed by atoms with E-state index in [1.807, 2.05) is 0 Å². The van der Waals surface area contributed by atoms with E-state index in [0.29, 0.717) is 0 Å². The Hall–Kier alpha value is 0.300. The Kier molecular flexibility index (Phi) is 17.0. The van der Waals surface area contributed by atoms with Crippen LogP contribution in [0.2, 0.25) is 0 Å². The van der Waals surface area contributed by atoms with Gasteiger partial charge in [-0.1, -0.05) is 13.8 Å². The first kappa shape index (κ1) is 24.3. The van der Waals surface area contributed by atoms with Crippen molar-refractivity contribution in [3.8, 4) is 0 Å². The van der Waals surface area contributed by atoms with Crippen molar-refractivity contribution in [1.29, 1.82) is 0 Å². The van der Waals surface area contributed by atoms with Crippen LogP contribution in [-0.2, 0) is 9.59 Å². The molecule has 104 valence electrons. The van der Waals surface area contributed by atoms with Crippen molar-refractivity contribution in [3.05, 3.63) is 0 Å². The summed E-state index contributed by atoms with van der Waals surface area (Å²) in [6, 6.07) is -2.16. The van der Waals surface area contributed by atoms with Gasteiger partial charge in [0.15, 0.2) is 11.6 Å². The Morgan fingerprint density at radius 2 is 1.16 bits per heavy atom. The second-order valence-electron chi connectivity index (χ2n) is 3.23. The number of carbonyl (C=O) groups is 2. The number of nitrogens with two attached hydrogens (primary N) is 2. The minimum absolute atomic E-state index is 0. The van der Waals surface area contributed by atoms with Crippen LogP contribution in [0.15, 0.2) is 0 Å². The van der Waals surface area contributed by atoms with E-state index in [2.05, 4.69) is 24.4 Å². The van der Waals surface area contributed by atoms with Crippen molar-refractivity contribution in [3.63, 3.8) is 0 Å². The molecule has 0 amide bonds. The fraction of sp³-hybridized carbons (Fsp3) is 0.600. The molecule has 19 heavy (non-hydrogen) atoms. The number of hydrogen-bond acceptors (Lipinski definition) is 8. The van der Waals surface area contributed by atoms with Gasteiger partial charge in [0.05, 0.1) is 12.1 Å². The summed E-state index contributed by atoms with van der Waals surface area (Å²) >= 11 is 8.32. The summed E-state index contributed by atoms with van der Waals surface area (Å²) in [6.07, 6.45) is 0.535. The molecule has 6 nitrogen and oxygen atoms in total. The smallest absolute Gasteiger partial charge is 0.866 e. The minimum atomic E-state index is -1.08. The van der Waals surface area contributed by atoms with Crippen molar-refractivity contribution in [2.75, 3.05) is 0 Å². The Bertz CT molecular complexity index is 307. The Morgan fingerprint density at radius 1 is 0.947 bits per heavy atom. The Morgan fingerprint density at radius 3 is 1.21 bits per heavy atom. The van der Waals surface area contributed by atoms with Gasteiger partial charge in [0.2, 0.25) is 0 Å². The van der Waals surface area contributed by atoms with Gasteiger partial charge in [-0.2, -0.15) is 0 Å². The second kappa shape index (κ2) is 13.3. The molecule has 2 unspecified atom stereocenters. The number of carbonyl (C=O) groups excluding carboxylic acids is 2. The van der Waals surface area contributed by atoms with E-state index in [1.165, 1.54) is 0 Å². The molecular weight excluding hydrogens is 316 g/mol. The third-order valence-electron chi connectivity index (χ3n) is 1.90. The molecule has 0 aromatic heterocycles. The van der Waals surface area contributed by atoms with Crippen LogP contribution in [0.4, 0.5) is 0 Å². The zero-order valence-electron chi connectivity index (χ0n) is 10.9. The maximum absolute atomic E-state index is 10.5. The molecule has 0 aliphatic heterocycles. The third-order valence-corrected chi connectivity index (χ3v) is 2.41. The molecule has 0 bridgehead atoms. The molecule has 2 atom stereocenters. The van der Waals surface area contributed by atoms with Crippen LogP contribution in [0.3, 0.4) is 0 Å². The number of hydrogen-bond donors (Lipinski definition) is 2. The van der Waals surface area contributed by atoms with Crippen molar-refractivity contribution in [2.45, 2.75) is 38.8 Å². The normalized spacial score (nSPS) is 12.0. The van der Waals surface area contributed by atoms with Crippen LogP contribution < -0.4 is 21.7 Å². The van der Waals surface area contributed by atoms with E-state index in [-0.39, 0.29) is 62.1 Å². The Balaban J connectivity index is -0.000000256. The van der Waals surface area contributed by atoms with Crippen LogP contribution in [0.5, 0.6) is 0 Å². The molecule has 0 aromatic rings. The standard InChI is InChI=1S/2C5H9NO2S.Ca/c2*1-2-3(7)4(6)5(8)9;/h2*4H,2,6H2,1H3,(H,8,9);/q;;+2/p-2. The molecule has 0 aliphatic carbocycles. The first-order chi connectivity index (χ1) is 8.18. The van der Waals surface area contributed by atoms with Crippen LogP contribution in [0.25, 0.3) is 0 Å². The van der Waals surface area contributed by atoms with E-state index < -0.39 is 22.2 Å². The van der Waals surface area contributed by atoms with E-state index in [0.717, 1.165) is 0 Å². The van der Waals surface area contributed by atoms with Gasteiger partial charge in [0.25, 0.3) is 0 Å². The summed E-state index contributed by atoms with van der Waals surface area (Å²) in [7, 11) is 0. The van der Waals surface area contributed by atoms with Crippen molar-refractivity contribution in [1.82, 2.24) is 0 Å². The molecule has 0 rings (SSSR count). The van der Waals surface area contributed by atoms with Gasteiger partial charge in [0.1, 0.15) is 0 Å². The van der Waals surface area contributed by atoms with E-state index in [4.69, 9.17) is 11.5 Å². The summed E-state index contributed by atoms with van der Waals surface area (Å²) < 4.78 is 0. The van der Waals surface area contributed by atoms with Crippen molar-refractivity contribution < 1.29 is 19.8 Å².